The average molecular weight is 476 g/mol. The van der Waals surface area contributed by atoms with Crippen LogP contribution in [0.2, 0.25) is 0 Å². The minimum absolute atomic E-state index is 0. The third kappa shape index (κ3) is 6.14. The molecule has 2 N–H and O–H groups in total. The largest absolute Gasteiger partial charge is 0.493 e. The monoisotopic (exact) mass is 476 g/mol. The summed E-state index contributed by atoms with van der Waals surface area (Å²) < 4.78 is 5.55. The summed E-state index contributed by atoms with van der Waals surface area (Å²) in [6.07, 6.45) is 1.93. The Bertz CT molecular complexity index is 829. The molecule has 1 aliphatic rings. The summed E-state index contributed by atoms with van der Waals surface area (Å²) >= 11 is 0. The maximum absolute atomic E-state index is 8.99. The van der Waals surface area contributed by atoms with E-state index in [9.17, 15) is 0 Å². The highest BCUT2D eigenvalue weighted by atomic mass is 127. The maximum Gasteiger partial charge on any atom is 0.191 e. The first-order valence-corrected chi connectivity index (χ1v) is 9.04. The Hall–Kier alpha value is -2.27. The molecule has 2 aromatic rings. The number of benzene rings is 2. The van der Waals surface area contributed by atoms with Gasteiger partial charge in [-0.25, -0.2) is 4.99 Å². The Morgan fingerprint density at radius 3 is 2.89 bits per heavy atom. The number of halogens is 1. The normalized spacial score (nSPS) is 12.4. The molecule has 0 unspecified atom stereocenters. The molecule has 1 aliphatic heterocycles. The van der Waals surface area contributed by atoms with E-state index in [2.05, 4.69) is 39.9 Å². The second-order valence-electron chi connectivity index (χ2n) is 6.22. The third-order valence-corrected chi connectivity index (χ3v) is 4.28. The maximum atomic E-state index is 8.99. The minimum Gasteiger partial charge on any atom is -0.493 e. The highest BCUT2D eigenvalue weighted by molar-refractivity contribution is 14.0. The fourth-order valence-corrected chi connectivity index (χ4v) is 2.97. The van der Waals surface area contributed by atoms with Crippen molar-refractivity contribution in [3.63, 3.8) is 0 Å². The van der Waals surface area contributed by atoms with Crippen LogP contribution in [0.4, 0.5) is 0 Å². The second kappa shape index (κ2) is 10.8. The van der Waals surface area contributed by atoms with Gasteiger partial charge in [-0.1, -0.05) is 24.3 Å². The van der Waals surface area contributed by atoms with E-state index in [0.717, 1.165) is 49.8 Å². The van der Waals surface area contributed by atoms with Crippen LogP contribution >= 0.6 is 24.0 Å². The van der Waals surface area contributed by atoms with E-state index in [-0.39, 0.29) is 24.0 Å². The molecule has 3 rings (SSSR count). The van der Waals surface area contributed by atoms with E-state index >= 15 is 0 Å². The van der Waals surface area contributed by atoms with E-state index < -0.39 is 0 Å². The molecule has 0 radical (unpaired) electrons. The van der Waals surface area contributed by atoms with Crippen molar-refractivity contribution in [2.75, 3.05) is 19.7 Å². The van der Waals surface area contributed by atoms with Crippen LogP contribution in [0.3, 0.4) is 0 Å². The summed E-state index contributed by atoms with van der Waals surface area (Å²) in [5.74, 6) is 1.82. The Kier molecular flexibility index (Phi) is 8.40. The van der Waals surface area contributed by atoms with Crippen molar-refractivity contribution in [2.45, 2.75) is 26.3 Å². The van der Waals surface area contributed by atoms with Crippen LogP contribution < -0.4 is 15.4 Å². The van der Waals surface area contributed by atoms with Crippen LogP contribution in [0.25, 0.3) is 0 Å². The molecule has 2 aromatic carbocycles. The summed E-state index contributed by atoms with van der Waals surface area (Å²) in [7, 11) is 0. The van der Waals surface area contributed by atoms with Gasteiger partial charge in [0.25, 0.3) is 0 Å². The number of fused-ring (bicyclic) bond motifs is 1. The number of hydrogen-bond donors (Lipinski definition) is 2. The second-order valence-corrected chi connectivity index (χ2v) is 6.22. The van der Waals surface area contributed by atoms with Crippen LogP contribution in [0.15, 0.2) is 47.5 Å². The minimum atomic E-state index is 0. The van der Waals surface area contributed by atoms with E-state index in [1.165, 1.54) is 11.1 Å². The number of nitrogens with zero attached hydrogens (tertiary/aromatic N) is 2. The summed E-state index contributed by atoms with van der Waals surface area (Å²) in [5.41, 5.74) is 4.30. The molecular weight excluding hydrogens is 451 g/mol. The number of ether oxygens (including phenoxy) is 1. The highest BCUT2D eigenvalue weighted by Crippen LogP contribution is 2.25. The van der Waals surface area contributed by atoms with Gasteiger partial charge in [-0.15, -0.1) is 24.0 Å². The lowest BCUT2D eigenvalue weighted by Crippen LogP contribution is -2.38. The van der Waals surface area contributed by atoms with Gasteiger partial charge in [0.05, 0.1) is 24.8 Å². The molecule has 0 spiro atoms. The third-order valence-electron chi connectivity index (χ3n) is 4.28. The predicted molar refractivity (Wildman–Crippen MR) is 119 cm³/mol. The van der Waals surface area contributed by atoms with E-state index in [0.29, 0.717) is 12.1 Å². The summed E-state index contributed by atoms with van der Waals surface area (Å²) in [5, 5.41) is 15.6. The zero-order chi connectivity index (χ0) is 18.2. The number of rotatable bonds is 6. The molecule has 0 amide bonds. The van der Waals surface area contributed by atoms with E-state index in [1.807, 2.05) is 25.1 Å². The molecule has 0 saturated heterocycles. The molecule has 1 heterocycles. The first kappa shape index (κ1) is 21.0. The number of nitrogens with one attached hydrogen (secondary N) is 2. The van der Waals surface area contributed by atoms with Crippen LogP contribution in [-0.2, 0) is 19.4 Å². The summed E-state index contributed by atoms with van der Waals surface area (Å²) in [4.78, 5) is 4.61. The predicted octanol–water partition coefficient (Wildman–Crippen LogP) is 3.41. The molecule has 0 aliphatic carbocycles. The lowest BCUT2D eigenvalue weighted by atomic mass is 10.1. The van der Waals surface area contributed by atoms with Crippen molar-refractivity contribution in [1.29, 1.82) is 5.26 Å². The molecule has 27 heavy (non-hydrogen) atoms. The van der Waals surface area contributed by atoms with Crippen molar-refractivity contribution in [3.8, 4) is 11.8 Å². The molecule has 0 aromatic heterocycles. The topological polar surface area (TPSA) is 69.4 Å². The lowest BCUT2D eigenvalue weighted by molar-refractivity contribution is 0.357. The first-order chi connectivity index (χ1) is 12.8. The Morgan fingerprint density at radius 2 is 2.07 bits per heavy atom. The van der Waals surface area contributed by atoms with E-state index in [4.69, 9.17) is 10.00 Å². The quantitative estimate of drug-likeness (QED) is 0.381. The number of nitriles is 1. The van der Waals surface area contributed by atoms with Crippen LogP contribution in [0.1, 0.15) is 29.2 Å². The molecular formula is C21H25IN4O. The smallest absolute Gasteiger partial charge is 0.191 e. The van der Waals surface area contributed by atoms with Crippen LogP contribution in [-0.4, -0.2) is 25.7 Å². The Balaban J connectivity index is 0.00000261. The van der Waals surface area contributed by atoms with Gasteiger partial charge in [0.15, 0.2) is 5.96 Å². The van der Waals surface area contributed by atoms with Crippen molar-refractivity contribution < 1.29 is 4.74 Å². The average Bonchev–Trinajstić information content (AvgIpc) is 3.14. The van der Waals surface area contributed by atoms with Crippen molar-refractivity contribution >= 4 is 29.9 Å². The van der Waals surface area contributed by atoms with Crippen molar-refractivity contribution in [2.24, 2.45) is 4.99 Å². The Morgan fingerprint density at radius 1 is 1.19 bits per heavy atom. The summed E-state index contributed by atoms with van der Waals surface area (Å²) in [6.45, 7) is 5.00. The molecule has 0 atom stereocenters. The number of hydrogen-bond acceptors (Lipinski definition) is 3. The zero-order valence-corrected chi connectivity index (χ0v) is 17.8. The molecule has 0 saturated carbocycles. The molecule has 142 valence electrons. The van der Waals surface area contributed by atoms with Gasteiger partial charge in [-0.05, 0) is 48.2 Å². The standard InChI is InChI=1S/C21H24N4O.HI/c1-2-23-21(25-15-18-5-3-4-17(12-18)14-22)24-10-8-16-6-7-20-19(13-16)9-11-26-20;/h3-7,12-13H,2,8-11,15H2,1H3,(H2,23,24,25);1H. The fourth-order valence-electron chi connectivity index (χ4n) is 2.97. The molecule has 6 heteroatoms. The van der Waals surface area contributed by atoms with Crippen molar-refractivity contribution in [3.05, 3.63) is 64.7 Å². The number of aliphatic imine (C=N–C) groups is 1. The molecule has 5 nitrogen and oxygen atoms in total. The van der Waals surface area contributed by atoms with Gasteiger partial charge in [0.2, 0.25) is 0 Å². The summed E-state index contributed by atoms with van der Waals surface area (Å²) in [6, 6.07) is 16.2. The van der Waals surface area contributed by atoms with Gasteiger partial charge in [-0.3, -0.25) is 0 Å². The molecule has 0 bridgehead atoms. The fraction of sp³-hybridized carbons (Fsp3) is 0.333. The zero-order valence-electron chi connectivity index (χ0n) is 15.5. The van der Waals surface area contributed by atoms with Gasteiger partial charge in [0.1, 0.15) is 5.75 Å². The van der Waals surface area contributed by atoms with E-state index in [1.54, 1.807) is 6.07 Å². The van der Waals surface area contributed by atoms with Crippen LogP contribution in [0, 0.1) is 11.3 Å². The highest BCUT2D eigenvalue weighted by Gasteiger charge is 2.11. The lowest BCUT2D eigenvalue weighted by Gasteiger charge is -2.12. The van der Waals surface area contributed by atoms with Gasteiger partial charge < -0.3 is 15.4 Å². The van der Waals surface area contributed by atoms with Gasteiger partial charge in [0, 0.05) is 19.5 Å². The van der Waals surface area contributed by atoms with Gasteiger partial charge >= 0.3 is 0 Å². The van der Waals surface area contributed by atoms with Gasteiger partial charge in [-0.2, -0.15) is 5.26 Å². The Labute approximate surface area is 177 Å². The van der Waals surface area contributed by atoms with Crippen LogP contribution in [0.5, 0.6) is 5.75 Å². The first-order valence-electron chi connectivity index (χ1n) is 9.04. The SMILES string of the molecule is CCNC(=NCc1cccc(C#N)c1)NCCc1ccc2c(c1)CCO2.I. The number of guanidine groups is 1. The molecule has 0 fully saturated rings. The van der Waals surface area contributed by atoms with Crippen molar-refractivity contribution in [1.82, 2.24) is 10.6 Å².